The van der Waals surface area contributed by atoms with E-state index in [0.717, 1.165) is 25.9 Å². The Hall–Kier alpha value is -1.04. The van der Waals surface area contributed by atoms with Crippen LogP contribution in [0.15, 0.2) is 24.3 Å². The van der Waals surface area contributed by atoms with Crippen molar-refractivity contribution in [1.82, 2.24) is 10.6 Å². The Balaban J connectivity index is 1.67. The van der Waals surface area contributed by atoms with Gasteiger partial charge in [0.2, 0.25) is 5.91 Å². The Kier molecular flexibility index (Phi) is 6.54. The largest absolute Gasteiger partial charge is 0.353 e. The quantitative estimate of drug-likeness (QED) is 0.786. The molecule has 114 valence electrons. The predicted octanol–water partition coefficient (Wildman–Crippen LogP) is 2.12. The standard InChI is InChI=1S/C15H19ClN2O2S/c16-12-3-1-11(2-4-12)14(19)9-21-10-15(20)18-13-5-7-17-8-6-13/h1-4,13,17H,5-10H2,(H,18,20). The SMILES string of the molecule is O=C(CSCC(=O)c1ccc(Cl)cc1)NC1CCNCC1. The van der Waals surface area contributed by atoms with Gasteiger partial charge in [0.15, 0.2) is 5.78 Å². The predicted molar refractivity (Wildman–Crippen MR) is 87.1 cm³/mol. The molecule has 0 spiro atoms. The van der Waals surface area contributed by atoms with Crippen molar-refractivity contribution in [3.63, 3.8) is 0 Å². The average Bonchev–Trinajstić information content (AvgIpc) is 2.49. The van der Waals surface area contributed by atoms with E-state index in [2.05, 4.69) is 10.6 Å². The van der Waals surface area contributed by atoms with Crippen LogP contribution in [0.4, 0.5) is 0 Å². The second kappa shape index (κ2) is 8.41. The van der Waals surface area contributed by atoms with E-state index in [0.29, 0.717) is 22.1 Å². The molecule has 1 aliphatic heterocycles. The van der Waals surface area contributed by atoms with Crippen molar-refractivity contribution >= 4 is 35.1 Å². The summed E-state index contributed by atoms with van der Waals surface area (Å²) in [5.41, 5.74) is 0.630. The van der Waals surface area contributed by atoms with Crippen molar-refractivity contribution in [1.29, 1.82) is 0 Å². The molecule has 1 aromatic carbocycles. The Morgan fingerprint density at radius 1 is 1.19 bits per heavy atom. The van der Waals surface area contributed by atoms with Crippen molar-refractivity contribution in [2.24, 2.45) is 0 Å². The van der Waals surface area contributed by atoms with Crippen LogP contribution < -0.4 is 10.6 Å². The molecule has 0 aromatic heterocycles. The molecule has 0 atom stereocenters. The first kappa shape index (κ1) is 16.3. The molecule has 0 saturated carbocycles. The monoisotopic (exact) mass is 326 g/mol. The molecular formula is C15H19ClN2O2S. The van der Waals surface area contributed by atoms with Gasteiger partial charge in [0, 0.05) is 16.6 Å². The number of Topliss-reactive ketones (excluding diaryl/α,β-unsaturated/α-hetero) is 1. The normalized spacial score (nSPS) is 15.7. The summed E-state index contributed by atoms with van der Waals surface area (Å²) in [6.45, 7) is 1.90. The lowest BCUT2D eigenvalue weighted by Gasteiger charge is -2.23. The highest BCUT2D eigenvalue weighted by molar-refractivity contribution is 8.00. The first-order valence-corrected chi connectivity index (χ1v) is 8.55. The second-order valence-corrected chi connectivity index (χ2v) is 6.44. The number of piperidine rings is 1. The van der Waals surface area contributed by atoms with Crippen LogP contribution in [-0.2, 0) is 4.79 Å². The molecule has 1 saturated heterocycles. The Morgan fingerprint density at radius 3 is 2.52 bits per heavy atom. The van der Waals surface area contributed by atoms with Crippen LogP contribution in [0.1, 0.15) is 23.2 Å². The fourth-order valence-corrected chi connectivity index (χ4v) is 3.04. The number of carbonyl (C=O) groups is 2. The lowest BCUT2D eigenvalue weighted by atomic mass is 10.1. The highest BCUT2D eigenvalue weighted by Gasteiger charge is 2.15. The third-order valence-electron chi connectivity index (χ3n) is 3.34. The van der Waals surface area contributed by atoms with Crippen LogP contribution in [0.3, 0.4) is 0 Å². The molecule has 0 unspecified atom stereocenters. The van der Waals surface area contributed by atoms with Gasteiger partial charge in [0.05, 0.1) is 11.5 Å². The van der Waals surface area contributed by atoms with E-state index in [4.69, 9.17) is 11.6 Å². The first-order valence-electron chi connectivity index (χ1n) is 7.02. The maximum atomic E-state index is 11.9. The zero-order valence-corrected chi connectivity index (χ0v) is 13.3. The zero-order chi connectivity index (χ0) is 15.1. The van der Waals surface area contributed by atoms with Gasteiger partial charge in [-0.1, -0.05) is 11.6 Å². The zero-order valence-electron chi connectivity index (χ0n) is 11.7. The summed E-state index contributed by atoms with van der Waals surface area (Å²) in [6.07, 6.45) is 1.94. The number of thioether (sulfide) groups is 1. The topological polar surface area (TPSA) is 58.2 Å². The maximum Gasteiger partial charge on any atom is 0.230 e. The lowest BCUT2D eigenvalue weighted by molar-refractivity contribution is -0.119. The van der Waals surface area contributed by atoms with Crippen LogP contribution >= 0.6 is 23.4 Å². The van der Waals surface area contributed by atoms with Crippen molar-refractivity contribution in [2.75, 3.05) is 24.6 Å². The van der Waals surface area contributed by atoms with Crippen LogP contribution in [0.2, 0.25) is 5.02 Å². The summed E-state index contributed by atoms with van der Waals surface area (Å²) < 4.78 is 0. The van der Waals surface area contributed by atoms with Gasteiger partial charge >= 0.3 is 0 Å². The summed E-state index contributed by atoms with van der Waals surface area (Å²) in [6, 6.07) is 7.08. The molecule has 0 aliphatic carbocycles. The van der Waals surface area contributed by atoms with E-state index >= 15 is 0 Å². The third kappa shape index (κ3) is 5.69. The summed E-state index contributed by atoms with van der Waals surface area (Å²) in [4.78, 5) is 23.7. The summed E-state index contributed by atoms with van der Waals surface area (Å²) in [5, 5.41) is 6.88. The number of rotatable bonds is 6. The number of benzene rings is 1. The summed E-state index contributed by atoms with van der Waals surface area (Å²) >= 11 is 7.13. The highest BCUT2D eigenvalue weighted by atomic mass is 35.5. The smallest absolute Gasteiger partial charge is 0.230 e. The van der Waals surface area contributed by atoms with Crippen LogP contribution in [-0.4, -0.2) is 42.3 Å². The highest BCUT2D eigenvalue weighted by Crippen LogP contribution is 2.12. The van der Waals surface area contributed by atoms with Gasteiger partial charge in [-0.15, -0.1) is 11.8 Å². The number of nitrogens with one attached hydrogen (secondary N) is 2. The van der Waals surface area contributed by atoms with E-state index in [1.807, 2.05) is 0 Å². The minimum Gasteiger partial charge on any atom is -0.353 e. The minimum atomic E-state index is 0.0100. The summed E-state index contributed by atoms with van der Waals surface area (Å²) in [7, 11) is 0. The lowest BCUT2D eigenvalue weighted by Crippen LogP contribution is -2.43. The molecule has 1 amide bonds. The first-order chi connectivity index (χ1) is 10.1. The maximum absolute atomic E-state index is 11.9. The molecule has 1 aromatic rings. The van der Waals surface area contributed by atoms with Crippen LogP contribution in [0.25, 0.3) is 0 Å². The van der Waals surface area contributed by atoms with Gasteiger partial charge in [-0.25, -0.2) is 0 Å². The van der Waals surface area contributed by atoms with Crippen molar-refractivity contribution in [3.8, 4) is 0 Å². The fraction of sp³-hybridized carbons (Fsp3) is 0.467. The number of carbonyl (C=O) groups excluding carboxylic acids is 2. The fourth-order valence-electron chi connectivity index (χ4n) is 2.19. The molecular weight excluding hydrogens is 308 g/mol. The molecule has 1 fully saturated rings. The molecule has 6 heteroatoms. The third-order valence-corrected chi connectivity index (χ3v) is 4.52. The van der Waals surface area contributed by atoms with E-state index in [9.17, 15) is 9.59 Å². The number of amides is 1. The van der Waals surface area contributed by atoms with Gasteiger partial charge in [-0.3, -0.25) is 9.59 Å². The molecule has 2 N–H and O–H groups in total. The van der Waals surface area contributed by atoms with Gasteiger partial charge in [-0.2, -0.15) is 0 Å². The van der Waals surface area contributed by atoms with E-state index in [1.54, 1.807) is 24.3 Å². The van der Waals surface area contributed by atoms with Crippen molar-refractivity contribution < 1.29 is 9.59 Å². The van der Waals surface area contributed by atoms with Gasteiger partial charge in [0.25, 0.3) is 0 Å². The molecule has 1 aliphatic rings. The van der Waals surface area contributed by atoms with E-state index in [1.165, 1.54) is 11.8 Å². The average molecular weight is 327 g/mol. The second-order valence-electron chi connectivity index (χ2n) is 5.01. The summed E-state index contributed by atoms with van der Waals surface area (Å²) in [5.74, 6) is 0.659. The molecule has 0 bridgehead atoms. The van der Waals surface area contributed by atoms with Crippen molar-refractivity contribution in [3.05, 3.63) is 34.9 Å². The molecule has 21 heavy (non-hydrogen) atoms. The van der Waals surface area contributed by atoms with E-state index < -0.39 is 0 Å². The van der Waals surface area contributed by atoms with Gasteiger partial charge in [-0.05, 0) is 50.2 Å². The Morgan fingerprint density at radius 2 is 1.86 bits per heavy atom. The number of halogens is 1. The van der Waals surface area contributed by atoms with Crippen LogP contribution in [0, 0.1) is 0 Å². The number of hydrogen-bond acceptors (Lipinski definition) is 4. The number of ketones is 1. The molecule has 4 nitrogen and oxygen atoms in total. The van der Waals surface area contributed by atoms with Gasteiger partial charge < -0.3 is 10.6 Å². The molecule has 0 radical (unpaired) electrons. The van der Waals surface area contributed by atoms with Crippen LogP contribution in [0.5, 0.6) is 0 Å². The Labute approximate surface area is 134 Å². The Bertz CT molecular complexity index is 487. The minimum absolute atomic E-state index is 0.0100. The molecule has 1 heterocycles. The number of hydrogen-bond donors (Lipinski definition) is 2. The van der Waals surface area contributed by atoms with E-state index in [-0.39, 0.29) is 17.7 Å². The van der Waals surface area contributed by atoms with Crippen molar-refractivity contribution in [2.45, 2.75) is 18.9 Å². The van der Waals surface area contributed by atoms with Gasteiger partial charge in [0.1, 0.15) is 0 Å². The molecule has 2 rings (SSSR count).